The highest BCUT2D eigenvalue weighted by Crippen LogP contribution is 2.32. The number of rotatable bonds is 3. The van der Waals surface area contributed by atoms with E-state index in [9.17, 15) is 4.79 Å². The van der Waals surface area contributed by atoms with E-state index < -0.39 is 0 Å². The summed E-state index contributed by atoms with van der Waals surface area (Å²) in [5.74, 6) is 1.38. The summed E-state index contributed by atoms with van der Waals surface area (Å²) in [7, 11) is 0. The molecular formula is C16H18N4O3. The van der Waals surface area contributed by atoms with Crippen molar-refractivity contribution >= 4 is 5.91 Å². The molecule has 2 aliphatic heterocycles. The summed E-state index contributed by atoms with van der Waals surface area (Å²) in [6.07, 6.45) is 5.47. The van der Waals surface area contributed by atoms with Crippen molar-refractivity contribution in [1.29, 1.82) is 0 Å². The molecule has 23 heavy (non-hydrogen) atoms. The Bertz CT molecular complexity index is 701. The lowest BCUT2D eigenvalue weighted by Gasteiger charge is -2.25. The quantitative estimate of drug-likeness (QED) is 0.855. The monoisotopic (exact) mass is 314 g/mol. The van der Waals surface area contributed by atoms with Gasteiger partial charge < -0.3 is 14.4 Å². The highest BCUT2D eigenvalue weighted by Gasteiger charge is 2.30. The van der Waals surface area contributed by atoms with Crippen molar-refractivity contribution in [3.8, 4) is 11.5 Å². The number of likely N-dealkylation sites (tertiary alicyclic amines) is 1. The van der Waals surface area contributed by atoms with Gasteiger partial charge in [0.05, 0.1) is 18.8 Å². The molecule has 4 rings (SSSR count). The average molecular weight is 314 g/mol. The van der Waals surface area contributed by atoms with Gasteiger partial charge in [0.25, 0.3) is 5.91 Å². The first kappa shape index (κ1) is 14.0. The third-order valence-electron chi connectivity index (χ3n) is 4.30. The number of hydrogen-bond acceptors (Lipinski definition) is 5. The first-order chi connectivity index (χ1) is 11.3. The second-order valence-corrected chi connectivity index (χ2v) is 5.78. The Morgan fingerprint density at radius 3 is 2.96 bits per heavy atom. The molecule has 0 aliphatic carbocycles. The Morgan fingerprint density at radius 1 is 1.26 bits per heavy atom. The Balaban J connectivity index is 1.53. The number of hydrogen-bond donors (Lipinski definition) is 0. The van der Waals surface area contributed by atoms with Crippen LogP contribution in [0.2, 0.25) is 0 Å². The van der Waals surface area contributed by atoms with Gasteiger partial charge in [-0.3, -0.25) is 9.48 Å². The molecule has 0 bridgehead atoms. The molecule has 1 atom stereocenters. The standard InChI is InChI=1S/C16H18N4O3/c21-16(12-3-4-14-15(10-12)23-9-8-22-14)20-6-1-2-13(20)11-19-7-5-17-18-19/h3-5,7,10,13H,1-2,6,8-9,11H2/t13-/m0/s1. The van der Waals surface area contributed by atoms with Crippen molar-refractivity contribution in [2.24, 2.45) is 0 Å². The molecule has 1 saturated heterocycles. The first-order valence-electron chi connectivity index (χ1n) is 7.86. The molecule has 1 amide bonds. The summed E-state index contributed by atoms with van der Waals surface area (Å²) in [5, 5.41) is 7.82. The second-order valence-electron chi connectivity index (χ2n) is 5.78. The molecule has 0 saturated carbocycles. The Kier molecular flexibility index (Phi) is 3.61. The summed E-state index contributed by atoms with van der Waals surface area (Å²) in [4.78, 5) is 14.8. The number of ether oxygens (including phenoxy) is 2. The van der Waals surface area contributed by atoms with Gasteiger partial charge >= 0.3 is 0 Å². The number of benzene rings is 1. The number of nitrogens with zero attached hydrogens (tertiary/aromatic N) is 4. The zero-order valence-corrected chi connectivity index (χ0v) is 12.7. The molecule has 1 aromatic carbocycles. The lowest BCUT2D eigenvalue weighted by atomic mass is 10.1. The summed E-state index contributed by atoms with van der Waals surface area (Å²) < 4.78 is 12.9. The van der Waals surface area contributed by atoms with E-state index in [0.717, 1.165) is 19.4 Å². The van der Waals surface area contributed by atoms with Crippen LogP contribution in [0, 0.1) is 0 Å². The number of fused-ring (bicyclic) bond motifs is 1. The Hall–Kier alpha value is -2.57. The third kappa shape index (κ3) is 2.74. The lowest BCUT2D eigenvalue weighted by Crippen LogP contribution is -2.38. The van der Waals surface area contributed by atoms with Gasteiger partial charge in [-0.1, -0.05) is 5.21 Å². The van der Waals surface area contributed by atoms with Crippen molar-refractivity contribution in [2.45, 2.75) is 25.4 Å². The summed E-state index contributed by atoms with van der Waals surface area (Å²) >= 11 is 0. The second kappa shape index (κ2) is 5.91. The minimum Gasteiger partial charge on any atom is -0.486 e. The largest absolute Gasteiger partial charge is 0.486 e. The molecule has 0 spiro atoms. The van der Waals surface area contributed by atoms with E-state index in [-0.39, 0.29) is 11.9 Å². The fourth-order valence-electron chi connectivity index (χ4n) is 3.18. The summed E-state index contributed by atoms with van der Waals surface area (Å²) in [6, 6.07) is 5.55. The van der Waals surface area contributed by atoms with Crippen molar-refractivity contribution in [1.82, 2.24) is 19.9 Å². The molecule has 2 aromatic rings. The van der Waals surface area contributed by atoms with Crippen molar-refractivity contribution in [3.05, 3.63) is 36.2 Å². The minimum absolute atomic E-state index is 0.0320. The van der Waals surface area contributed by atoms with Crippen LogP contribution in [0.3, 0.4) is 0 Å². The van der Waals surface area contributed by atoms with E-state index in [2.05, 4.69) is 10.3 Å². The van der Waals surface area contributed by atoms with Gasteiger partial charge in [-0.25, -0.2) is 0 Å². The maximum Gasteiger partial charge on any atom is 0.254 e. The lowest BCUT2D eigenvalue weighted by molar-refractivity contribution is 0.0720. The van der Waals surface area contributed by atoms with E-state index in [0.29, 0.717) is 36.8 Å². The van der Waals surface area contributed by atoms with Crippen LogP contribution in [-0.4, -0.2) is 51.6 Å². The van der Waals surface area contributed by atoms with Crippen molar-refractivity contribution in [3.63, 3.8) is 0 Å². The molecule has 3 heterocycles. The predicted molar refractivity (Wildman–Crippen MR) is 81.5 cm³/mol. The first-order valence-corrected chi connectivity index (χ1v) is 7.86. The van der Waals surface area contributed by atoms with E-state index in [1.165, 1.54) is 0 Å². The highest BCUT2D eigenvalue weighted by atomic mass is 16.6. The molecule has 0 radical (unpaired) electrons. The highest BCUT2D eigenvalue weighted by molar-refractivity contribution is 5.95. The van der Waals surface area contributed by atoms with Crippen LogP contribution in [0.4, 0.5) is 0 Å². The van der Waals surface area contributed by atoms with Crippen LogP contribution in [0.15, 0.2) is 30.6 Å². The van der Waals surface area contributed by atoms with Crippen molar-refractivity contribution < 1.29 is 14.3 Å². The zero-order valence-electron chi connectivity index (χ0n) is 12.7. The molecule has 1 aromatic heterocycles. The third-order valence-corrected chi connectivity index (χ3v) is 4.30. The van der Waals surface area contributed by atoms with Gasteiger partial charge in [0.2, 0.25) is 0 Å². The molecule has 2 aliphatic rings. The van der Waals surface area contributed by atoms with Crippen LogP contribution in [0.25, 0.3) is 0 Å². The molecule has 1 fully saturated rings. The van der Waals surface area contributed by atoms with Crippen LogP contribution >= 0.6 is 0 Å². The molecule has 0 N–H and O–H groups in total. The van der Waals surface area contributed by atoms with Crippen LogP contribution in [-0.2, 0) is 6.54 Å². The number of aromatic nitrogens is 3. The van der Waals surface area contributed by atoms with Gasteiger partial charge in [0, 0.05) is 18.3 Å². The van der Waals surface area contributed by atoms with Gasteiger partial charge in [-0.2, -0.15) is 0 Å². The maximum atomic E-state index is 12.9. The fourth-order valence-corrected chi connectivity index (χ4v) is 3.18. The Morgan fingerprint density at radius 2 is 2.13 bits per heavy atom. The topological polar surface area (TPSA) is 69.5 Å². The van der Waals surface area contributed by atoms with Crippen LogP contribution < -0.4 is 9.47 Å². The molecule has 120 valence electrons. The number of carbonyl (C=O) groups excluding carboxylic acids is 1. The van der Waals surface area contributed by atoms with E-state index in [4.69, 9.17) is 9.47 Å². The SMILES string of the molecule is O=C(c1ccc2c(c1)OCCO2)N1CCC[C@H]1Cn1ccnn1. The predicted octanol–water partition coefficient (Wildman–Crippen LogP) is 1.35. The molecule has 7 nitrogen and oxygen atoms in total. The zero-order chi connectivity index (χ0) is 15.6. The average Bonchev–Trinajstić information content (AvgIpc) is 3.26. The fraction of sp³-hybridized carbons (Fsp3) is 0.438. The van der Waals surface area contributed by atoms with Gasteiger partial charge in [-0.05, 0) is 31.0 Å². The van der Waals surface area contributed by atoms with Crippen LogP contribution in [0.1, 0.15) is 23.2 Å². The smallest absolute Gasteiger partial charge is 0.254 e. The van der Waals surface area contributed by atoms with Crippen LogP contribution in [0.5, 0.6) is 11.5 Å². The summed E-state index contributed by atoms with van der Waals surface area (Å²) in [5.41, 5.74) is 0.639. The van der Waals surface area contributed by atoms with Gasteiger partial charge in [-0.15, -0.1) is 5.10 Å². The normalized spacial score (nSPS) is 19.8. The maximum absolute atomic E-state index is 12.9. The van der Waals surface area contributed by atoms with E-state index >= 15 is 0 Å². The van der Waals surface area contributed by atoms with Gasteiger partial charge in [0.15, 0.2) is 11.5 Å². The van der Waals surface area contributed by atoms with Gasteiger partial charge in [0.1, 0.15) is 13.2 Å². The number of carbonyl (C=O) groups is 1. The van der Waals surface area contributed by atoms with Crippen molar-refractivity contribution in [2.75, 3.05) is 19.8 Å². The van der Waals surface area contributed by atoms with E-state index in [1.54, 1.807) is 23.0 Å². The molecule has 0 unspecified atom stereocenters. The Labute approximate surface area is 133 Å². The molecule has 7 heteroatoms. The minimum atomic E-state index is 0.0320. The summed E-state index contributed by atoms with van der Waals surface area (Å²) in [6.45, 7) is 2.51. The van der Waals surface area contributed by atoms with E-state index in [1.807, 2.05) is 17.2 Å². The number of amides is 1. The molecular weight excluding hydrogens is 296 g/mol.